The fourth-order valence-electron chi connectivity index (χ4n) is 3.66. The number of rotatable bonds is 4. The molecule has 6 nitrogen and oxygen atoms in total. The minimum Gasteiger partial charge on any atom is -0.478 e. The fourth-order valence-corrected chi connectivity index (χ4v) is 3.96. The lowest BCUT2D eigenvalue weighted by atomic mass is 10.0. The number of nitrogens with one attached hydrogen (secondary N) is 1. The lowest BCUT2D eigenvalue weighted by Gasteiger charge is -2.25. The summed E-state index contributed by atoms with van der Waals surface area (Å²) in [5.74, 6) is -0.319. The van der Waals surface area contributed by atoms with Crippen molar-refractivity contribution in [1.29, 1.82) is 0 Å². The molecule has 0 fully saturated rings. The zero-order valence-electron chi connectivity index (χ0n) is 17.2. The van der Waals surface area contributed by atoms with Crippen LogP contribution in [0, 0.1) is 0 Å². The number of halogens is 2. The van der Waals surface area contributed by atoms with E-state index < -0.39 is 12.0 Å². The molecule has 5 rings (SSSR count). The molecule has 2 heterocycles. The number of carbonyl (C=O) groups excluding carboxylic acids is 2. The zero-order chi connectivity index (χ0) is 22.9. The molecule has 1 N–H and O–H groups in total. The van der Waals surface area contributed by atoms with Crippen molar-refractivity contribution in [2.75, 3.05) is 5.32 Å². The van der Waals surface area contributed by atoms with Crippen LogP contribution in [0.15, 0.2) is 79.0 Å². The van der Waals surface area contributed by atoms with Crippen molar-refractivity contribution in [3.63, 3.8) is 0 Å². The summed E-state index contributed by atoms with van der Waals surface area (Å²) in [6, 6.07) is 21.8. The Morgan fingerprint density at radius 3 is 2.45 bits per heavy atom. The highest BCUT2D eigenvalue weighted by Gasteiger charge is 2.31. The minimum atomic E-state index is -0.977. The van der Waals surface area contributed by atoms with E-state index in [4.69, 9.17) is 27.9 Å². The molecule has 0 bridgehead atoms. The summed E-state index contributed by atoms with van der Waals surface area (Å²) in [7, 11) is 0. The fraction of sp³-hybridized carbons (Fsp3) is 0.0800. The summed E-state index contributed by atoms with van der Waals surface area (Å²) >= 11 is 12.0. The minimum absolute atomic E-state index is 0.177. The van der Waals surface area contributed by atoms with Crippen LogP contribution >= 0.6 is 23.2 Å². The summed E-state index contributed by atoms with van der Waals surface area (Å²) in [5.41, 5.74) is 3.65. The Bertz CT molecular complexity index is 1350. The van der Waals surface area contributed by atoms with Crippen LogP contribution in [0.4, 0.5) is 5.69 Å². The third-order valence-corrected chi connectivity index (χ3v) is 5.78. The molecule has 33 heavy (non-hydrogen) atoms. The van der Waals surface area contributed by atoms with Crippen molar-refractivity contribution < 1.29 is 14.3 Å². The SMILES string of the molecule is O=C1Nc2cc(Cl)ccc2OC1CC(=O)n1cc(-c2ccc(Cl)cc2)c(-c2ccccc2)n1. The molecule has 1 unspecified atom stereocenters. The van der Waals surface area contributed by atoms with Gasteiger partial charge in [-0.05, 0) is 35.9 Å². The van der Waals surface area contributed by atoms with Crippen LogP contribution in [0.2, 0.25) is 10.0 Å². The van der Waals surface area contributed by atoms with Crippen molar-refractivity contribution in [3.05, 3.63) is 89.0 Å². The lowest BCUT2D eigenvalue weighted by Crippen LogP contribution is -2.39. The van der Waals surface area contributed by atoms with E-state index in [2.05, 4.69) is 10.4 Å². The predicted octanol–water partition coefficient (Wildman–Crippen LogP) is 5.95. The van der Waals surface area contributed by atoms with E-state index in [0.29, 0.717) is 27.2 Å². The third-order valence-electron chi connectivity index (χ3n) is 5.29. The molecule has 3 aromatic carbocycles. The Kier molecular flexibility index (Phi) is 5.62. The number of aromatic nitrogens is 2. The number of anilines is 1. The van der Waals surface area contributed by atoms with Crippen molar-refractivity contribution in [3.8, 4) is 28.1 Å². The van der Waals surface area contributed by atoms with Gasteiger partial charge in [0.05, 0.1) is 12.1 Å². The Labute approximate surface area is 199 Å². The Morgan fingerprint density at radius 2 is 1.70 bits per heavy atom. The van der Waals surface area contributed by atoms with Gasteiger partial charge in [0.15, 0.2) is 6.10 Å². The normalized spacial score (nSPS) is 14.8. The van der Waals surface area contributed by atoms with Crippen LogP contribution < -0.4 is 10.1 Å². The maximum absolute atomic E-state index is 13.1. The monoisotopic (exact) mass is 477 g/mol. The molecule has 1 aliphatic heterocycles. The average molecular weight is 478 g/mol. The van der Waals surface area contributed by atoms with Gasteiger partial charge in [-0.3, -0.25) is 9.59 Å². The summed E-state index contributed by atoms with van der Waals surface area (Å²) in [5, 5.41) is 8.39. The largest absolute Gasteiger partial charge is 0.478 e. The molecule has 1 aromatic heterocycles. The first-order valence-corrected chi connectivity index (χ1v) is 10.9. The molecule has 0 spiro atoms. The lowest BCUT2D eigenvalue weighted by molar-refractivity contribution is -0.123. The van der Waals surface area contributed by atoms with Crippen molar-refractivity contribution >= 4 is 40.7 Å². The van der Waals surface area contributed by atoms with E-state index >= 15 is 0 Å². The topological polar surface area (TPSA) is 73.2 Å². The van der Waals surface area contributed by atoms with Crippen LogP contribution in [0.25, 0.3) is 22.4 Å². The van der Waals surface area contributed by atoms with Crippen molar-refractivity contribution in [2.24, 2.45) is 0 Å². The van der Waals surface area contributed by atoms with E-state index in [1.165, 1.54) is 4.68 Å². The maximum Gasteiger partial charge on any atom is 0.266 e. The summed E-state index contributed by atoms with van der Waals surface area (Å²) in [4.78, 5) is 25.6. The molecule has 164 valence electrons. The van der Waals surface area contributed by atoms with Gasteiger partial charge in [-0.15, -0.1) is 0 Å². The Hall–Kier alpha value is -3.61. The second kappa shape index (κ2) is 8.73. The summed E-state index contributed by atoms with van der Waals surface area (Å²) in [6.07, 6.45) is 0.515. The van der Waals surface area contributed by atoms with Gasteiger partial charge < -0.3 is 10.1 Å². The number of hydrogen-bond acceptors (Lipinski definition) is 4. The van der Waals surface area contributed by atoms with Gasteiger partial charge in [-0.2, -0.15) is 5.10 Å². The standard InChI is InChI=1S/C25H17Cl2N3O3/c26-17-8-6-15(7-9-17)19-14-30(29-24(19)16-4-2-1-3-5-16)23(31)13-22-25(32)28-20-12-18(27)10-11-21(20)33-22/h1-12,14,22H,13H2,(H,28,32). The van der Waals surface area contributed by atoms with Crippen molar-refractivity contribution in [2.45, 2.75) is 12.5 Å². The first-order valence-electron chi connectivity index (χ1n) is 10.2. The zero-order valence-corrected chi connectivity index (χ0v) is 18.7. The third kappa shape index (κ3) is 4.35. The molecule has 8 heteroatoms. The average Bonchev–Trinajstić information content (AvgIpc) is 3.26. The van der Waals surface area contributed by atoms with Crippen LogP contribution in [0.1, 0.15) is 11.2 Å². The van der Waals surface area contributed by atoms with Crippen LogP contribution in [-0.2, 0) is 4.79 Å². The molecule has 0 radical (unpaired) electrons. The molecule has 1 amide bonds. The molecular formula is C25H17Cl2N3O3. The summed E-state index contributed by atoms with van der Waals surface area (Å²) in [6.45, 7) is 0. The molecule has 1 aliphatic rings. The van der Waals surface area contributed by atoms with E-state index in [0.717, 1.165) is 16.7 Å². The van der Waals surface area contributed by atoms with Gasteiger partial charge in [0, 0.05) is 27.4 Å². The number of fused-ring (bicyclic) bond motifs is 1. The van der Waals surface area contributed by atoms with Gasteiger partial charge in [-0.25, -0.2) is 4.68 Å². The first-order chi connectivity index (χ1) is 16.0. The van der Waals surface area contributed by atoms with E-state index in [-0.39, 0.29) is 12.3 Å². The second-order valence-corrected chi connectivity index (χ2v) is 8.42. The highest BCUT2D eigenvalue weighted by molar-refractivity contribution is 6.31. The van der Waals surface area contributed by atoms with Crippen LogP contribution in [0.3, 0.4) is 0 Å². The molecule has 1 atom stereocenters. The van der Waals surface area contributed by atoms with Gasteiger partial charge in [0.1, 0.15) is 11.4 Å². The molecule has 0 saturated carbocycles. The molecule has 4 aromatic rings. The maximum atomic E-state index is 13.1. The number of ether oxygens (including phenoxy) is 1. The Balaban J connectivity index is 1.45. The molecule has 0 saturated heterocycles. The van der Waals surface area contributed by atoms with E-state index in [1.807, 2.05) is 42.5 Å². The van der Waals surface area contributed by atoms with Gasteiger partial charge in [0.25, 0.3) is 11.8 Å². The van der Waals surface area contributed by atoms with Gasteiger partial charge in [0.2, 0.25) is 0 Å². The molecule has 0 aliphatic carbocycles. The number of carbonyl (C=O) groups is 2. The predicted molar refractivity (Wildman–Crippen MR) is 128 cm³/mol. The smallest absolute Gasteiger partial charge is 0.266 e. The highest BCUT2D eigenvalue weighted by Crippen LogP contribution is 2.34. The van der Waals surface area contributed by atoms with Crippen LogP contribution in [-0.4, -0.2) is 27.7 Å². The van der Waals surface area contributed by atoms with Crippen molar-refractivity contribution in [1.82, 2.24) is 9.78 Å². The number of hydrogen-bond donors (Lipinski definition) is 1. The number of benzene rings is 3. The number of amides is 1. The summed E-state index contributed by atoms with van der Waals surface area (Å²) < 4.78 is 7.03. The second-order valence-electron chi connectivity index (χ2n) is 7.54. The highest BCUT2D eigenvalue weighted by atomic mass is 35.5. The Morgan fingerprint density at radius 1 is 0.970 bits per heavy atom. The van der Waals surface area contributed by atoms with Gasteiger partial charge >= 0.3 is 0 Å². The molecular weight excluding hydrogens is 461 g/mol. The number of nitrogens with zero attached hydrogens (tertiary/aromatic N) is 2. The van der Waals surface area contributed by atoms with E-state index in [1.54, 1.807) is 36.5 Å². The van der Waals surface area contributed by atoms with E-state index in [9.17, 15) is 9.59 Å². The quantitative estimate of drug-likeness (QED) is 0.393. The van der Waals surface area contributed by atoms with Crippen LogP contribution in [0.5, 0.6) is 5.75 Å². The van der Waals surface area contributed by atoms with Gasteiger partial charge in [-0.1, -0.05) is 65.7 Å². The first kappa shape index (κ1) is 21.2.